The lowest BCUT2D eigenvalue weighted by Crippen LogP contribution is -2.34. The Labute approximate surface area is 127 Å². The molecule has 0 radical (unpaired) electrons. The summed E-state index contributed by atoms with van der Waals surface area (Å²) in [5.74, 6) is 1.31. The van der Waals surface area contributed by atoms with Crippen LogP contribution in [0.2, 0.25) is 5.02 Å². The quantitative estimate of drug-likeness (QED) is 0.915. The molecule has 0 fully saturated rings. The molecule has 2 N–H and O–H groups in total. The lowest BCUT2D eigenvalue weighted by molar-refractivity contribution is 0.250. The van der Waals surface area contributed by atoms with Crippen LogP contribution in [0.3, 0.4) is 0 Å². The molecule has 0 aromatic carbocycles. The fraction of sp³-hybridized carbons (Fsp3) is 0.357. The number of fused-ring (bicyclic) bond motifs is 1. The molecule has 7 heteroatoms. The Morgan fingerprint density at radius 3 is 3.24 bits per heavy atom. The number of pyridine rings is 1. The Hall–Kier alpha value is -2.08. The van der Waals surface area contributed by atoms with Crippen LogP contribution >= 0.6 is 11.6 Å². The summed E-state index contributed by atoms with van der Waals surface area (Å²) in [6.07, 6.45) is 9.02. The van der Waals surface area contributed by atoms with Crippen LogP contribution in [0, 0.1) is 0 Å². The number of halogens is 1. The first-order chi connectivity index (χ1) is 10.2. The summed E-state index contributed by atoms with van der Waals surface area (Å²) < 4.78 is 2.15. The highest BCUT2D eigenvalue weighted by Gasteiger charge is 2.21. The average molecular weight is 306 g/mol. The van der Waals surface area contributed by atoms with Gasteiger partial charge in [-0.3, -0.25) is 4.98 Å². The Kier molecular flexibility index (Phi) is 4.06. The van der Waals surface area contributed by atoms with Gasteiger partial charge in [-0.25, -0.2) is 9.78 Å². The van der Waals surface area contributed by atoms with Crippen LogP contribution in [0.5, 0.6) is 0 Å². The van der Waals surface area contributed by atoms with E-state index >= 15 is 0 Å². The number of nitrogens with zero attached hydrogens (tertiary/aromatic N) is 3. The van der Waals surface area contributed by atoms with Crippen molar-refractivity contribution in [2.45, 2.75) is 25.3 Å². The number of hydrogen-bond donors (Lipinski definition) is 2. The molecule has 6 nitrogen and oxygen atoms in total. The number of hydrogen-bond acceptors (Lipinski definition) is 3. The van der Waals surface area contributed by atoms with Crippen molar-refractivity contribution in [2.24, 2.45) is 0 Å². The SMILES string of the molecule is O=C(NCC1CCCn2ccnc21)Nc1cncc(Cl)c1. The molecular formula is C14H16ClN5O. The molecule has 1 unspecified atom stereocenters. The maximum Gasteiger partial charge on any atom is 0.319 e. The second kappa shape index (κ2) is 6.13. The van der Waals surface area contributed by atoms with E-state index in [0.29, 0.717) is 17.3 Å². The summed E-state index contributed by atoms with van der Waals surface area (Å²) in [4.78, 5) is 20.2. The monoisotopic (exact) mass is 305 g/mol. The van der Waals surface area contributed by atoms with E-state index in [1.807, 2.05) is 12.4 Å². The molecule has 0 spiro atoms. The Bertz CT molecular complexity index is 642. The van der Waals surface area contributed by atoms with Gasteiger partial charge in [0.2, 0.25) is 0 Å². The van der Waals surface area contributed by atoms with Gasteiger partial charge in [-0.05, 0) is 18.9 Å². The number of aromatic nitrogens is 3. The standard InChI is InChI=1S/C14H16ClN5O/c15-11-6-12(9-16-8-11)19-14(21)18-7-10-2-1-4-20-5-3-17-13(10)20/h3,5-6,8-10H,1-2,4,7H2,(H2,18,19,21). The third-order valence-corrected chi connectivity index (χ3v) is 3.74. The highest BCUT2D eigenvalue weighted by atomic mass is 35.5. The molecule has 0 aliphatic carbocycles. The molecule has 21 heavy (non-hydrogen) atoms. The normalized spacial score (nSPS) is 17.1. The van der Waals surface area contributed by atoms with Crippen molar-refractivity contribution < 1.29 is 4.79 Å². The predicted octanol–water partition coefficient (Wildman–Crippen LogP) is 2.63. The van der Waals surface area contributed by atoms with Crippen LogP contribution < -0.4 is 10.6 Å². The first-order valence-corrected chi connectivity index (χ1v) is 7.26. The summed E-state index contributed by atoms with van der Waals surface area (Å²) in [5.41, 5.74) is 0.574. The zero-order valence-electron chi connectivity index (χ0n) is 11.4. The lowest BCUT2D eigenvalue weighted by Gasteiger charge is -2.23. The summed E-state index contributed by atoms with van der Waals surface area (Å²) in [6, 6.07) is 1.39. The van der Waals surface area contributed by atoms with E-state index in [4.69, 9.17) is 11.6 Å². The van der Waals surface area contributed by atoms with Gasteiger partial charge in [-0.15, -0.1) is 0 Å². The zero-order valence-corrected chi connectivity index (χ0v) is 12.2. The van der Waals surface area contributed by atoms with Gasteiger partial charge < -0.3 is 15.2 Å². The number of carbonyl (C=O) groups is 1. The number of aryl methyl sites for hydroxylation is 1. The second-order valence-corrected chi connectivity index (χ2v) is 5.48. The molecule has 3 rings (SSSR count). The number of anilines is 1. The topological polar surface area (TPSA) is 71.8 Å². The van der Waals surface area contributed by atoms with Crippen LogP contribution in [0.25, 0.3) is 0 Å². The van der Waals surface area contributed by atoms with E-state index in [-0.39, 0.29) is 11.9 Å². The maximum absolute atomic E-state index is 11.9. The first-order valence-electron chi connectivity index (χ1n) is 6.89. The smallest absolute Gasteiger partial charge is 0.319 e. The Morgan fingerprint density at radius 1 is 1.48 bits per heavy atom. The Balaban J connectivity index is 1.55. The molecule has 2 aromatic rings. The zero-order chi connectivity index (χ0) is 14.7. The highest BCUT2D eigenvalue weighted by molar-refractivity contribution is 6.30. The largest absolute Gasteiger partial charge is 0.337 e. The molecular weight excluding hydrogens is 290 g/mol. The van der Waals surface area contributed by atoms with Crippen LogP contribution in [0.1, 0.15) is 24.6 Å². The van der Waals surface area contributed by atoms with Crippen molar-refractivity contribution in [1.82, 2.24) is 19.9 Å². The minimum absolute atomic E-state index is 0.261. The number of carbonyl (C=O) groups excluding carboxylic acids is 1. The number of urea groups is 1. The first kappa shape index (κ1) is 13.9. The van der Waals surface area contributed by atoms with Crippen LogP contribution in [0.15, 0.2) is 30.9 Å². The van der Waals surface area contributed by atoms with Gasteiger partial charge >= 0.3 is 6.03 Å². The molecule has 1 aliphatic heterocycles. The predicted molar refractivity (Wildman–Crippen MR) is 80.5 cm³/mol. The van der Waals surface area contributed by atoms with Crippen molar-refractivity contribution in [2.75, 3.05) is 11.9 Å². The lowest BCUT2D eigenvalue weighted by atomic mass is 9.99. The fourth-order valence-electron chi connectivity index (χ4n) is 2.57. The summed E-state index contributed by atoms with van der Waals surface area (Å²) in [5, 5.41) is 6.08. The van der Waals surface area contributed by atoms with Crippen LogP contribution in [0.4, 0.5) is 10.5 Å². The summed E-state index contributed by atoms with van der Waals surface area (Å²) >= 11 is 5.83. The highest BCUT2D eigenvalue weighted by Crippen LogP contribution is 2.24. The van der Waals surface area contributed by atoms with E-state index in [1.54, 1.807) is 12.3 Å². The van der Waals surface area contributed by atoms with E-state index in [2.05, 4.69) is 25.2 Å². The van der Waals surface area contributed by atoms with E-state index < -0.39 is 0 Å². The van der Waals surface area contributed by atoms with Gasteiger partial charge in [-0.2, -0.15) is 0 Å². The van der Waals surface area contributed by atoms with Crippen molar-refractivity contribution in [3.63, 3.8) is 0 Å². The van der Waals surface area contributed by atoms with Crippen molar-refractivity contribution in [1.29, 1.82) is 0 Å². The van der Waals surface area contributed by atoms with Gasteiger partial charge in [0, 0.05) is 37.6 Å². The average Bonchev–Trinajstić information content (AvgIpc) is 2.94. The molecule has 0 saturated heterocycles. The van der Waals surface area contributed by atoms with E-state index in [1.165, 1.54) is 6.20 Å². The third kappa shape index (κ3) is 3.33. The number of nitrogens with one attached hydrogen (secondary N) is 2. The number of amides is 2. The van der Waals surface area contributed by atoms with Gasteiger partial charge in [-0.1, -0.05) is 11.6 Å². The van der Waals surface area contributed by atoms with Gasteiger partial charge in [0.15, 0.2) is 0 Å². The molecule has 0 bridgehead atoms. The van der Waals surface area contributed by atoms with Crippen molar-refractivity contribution in [3.8, 4) is 0 Å². The third-order valence-electron chi connectivity index (χ3n) is 3.54. The molecule has 0 saturated carbocycles. The van der Waals surface area contributed by atoms with E-state index in [0.717, 1.165) is 25.2 Å². The Morgan fingerprint density at radius 2 is 2.38 bits per heavy atom. The molecule has 3 heterocycles. The second-order valence-electron chi connectivity index (χ2n) is 5.04. The van der Waals surface area contributed by atoms with Crippen LogP contribution in [-0.4, -0.2) is 27.1 Å². The maximum atomic E-state index is 11.9. The molecule has 110 valence electrons. The van der Waals surface area contributed by atoms with Gasteiger partial charge in [0.1, 0.15) is 5.82 Å². The number of imidazole rings is 1. The molecule has 1 aliphatic rings. The summed E-state index contributed by atoms with van der Waals surface area (Å²) in [6.45, 7) is 1.57. The summed E-state index contributed by atoms with van der Waals surface area (Å²) in [7, 11) is 0. The molecule has 2 amide bonds. The molecule has 2 aromatic heterocycles. The van der Waals surface area contributed by atoms with Gasteiger partial charge in [0.25, 0.3) is 0 Å². The van der Waals surface area contributed by atoms with Crippen molar-refractivity contribution >= 4 is 23.3 Å². The van der Waals surface area contributed by atoms with Gasteiger partial charge in [0.05, 0.1) is 16.9 Å². The van der Waals surface area contributed by atoms with E-state index in [9.17, 15) is 4.79 Å². The van der Waals surface area contributed by atoms with Crippen LogP contribution in [-0.2, 0) is 6.54 Å². The van der Waals surface area contributed by atoms with Crippen molar-refractivity contribution in [3.05, 3.63) is 41.7 Å². The molecule has 1 atom stereocenters. The minimum Gasteiger partial charge on any atom is -0.337 e. The minimum atomic E-state index is -0.261. The fourth-order valence-corrected chi connectivity index (χ4v) is 2.75. The number of rotatable bonds is 3.